The number of pyridine rings is 1. The molecule has 3 nitrogen and oxygen atoms in total. The zero-order chi connectivity index (χ0) is 15.2. The molecule has 0 radical (unpaired) electrons. The van der Waals surface area contributed by atoms with E-state index in [1.54, 1.807) is 0 Å². The van der Waals surface area contributed by atoms with Gasteiger partial charge in [0.2, 0.25) is 0 Å². The van der Waals surface area contributed by atoms with Gasteiger partial charge in [0.1, 0.15) is 0 Å². The summed E-state index contributed by atoms with van der Waals surface area (Å²) < 4.78 is 0. The van der Waals surface area contributed by atoms with Gasteiger partial charge in [0.15, 0.2) is 0 Å². The molecule has 1 heterocycles. The van der Waals surface area contributed by atoms with E-state index in [9.17, 15) is 0 Å². The van der Waals surface area contributed by atoms with Gasteiger partial charge < -0.3 is 10.2 Å². The van der Waals surface area contributed by atoms with E-state index in [1.165, 1.54) is 16.8 Å². The number of hydrogen-bond donors (Lipinski definition) is 1. The second-order valence-corrected chi connectivity index (χ2v) is 5.66. The smallest absolute Gasteiger partial charge is 0.0617 e. The van der Waals surface area contributed by atoms with E-state index in [4.69, 9.17) is 0 Å². The van der Waals surface area contributed by atoms with Crippen LogP contribution in [0.25, 0.3) is 0 Å². The van der Waals surface area contributed by atoms with E-state index in [0.717, 1.165) is 30.9 Å². The first-order chi connectivity index (χ1) is 10.1. The Morgan fingerprint density at radius 2 is 1.81 bits per heavy atom. The van der Waals surface area contributed by atoms with Crippen molar-refractivity contribution < 1.29 is 0 Å². The van der Waals surface area contributed by atoms with Gasteiger partial charge in [0.05, 0.1) is 12.2 Å². The van der Waals surface area contributed by atoms with Gasteiger partial charge in [-0.05, 0) is 55.7 Å². The van der Waals surface area contributed by atoms with Crippen LogP contribution in [0.4, 0.5) is 11.4 Å². The van der Waals surface area contributed by atoms with Crippen molar-refractivity contribution in [3.63, 3.8) is 0 Å². The van der Waals surface area contributed by atoms with E-state index in [2.05, 4.69) is 67.3 Å². The Balaban J connectivity index is 2.09. The maximum Gasteiger partial charge on any atom is 0.0617 e. The molecule has 21 heavy (non-hydrogen) atoms. The summed E-state index contributed by atoms with van der Waals surface area (Å²) in [5, 5.41) is 3.41. The predicted molar refractivity (Wildman–Crippen MR) is 91.0 cm³/mol. The molecule has 0 fully saturated rings. The fraction of sp³-hybridized carbons (Fsp3) is 0.389. The summed E-state index contributed by atoms with van der Waals surface area (Å²) in [6.07, 6.45) is 3.00. The van der Waals surface area contributed by atoms with Crippen LogP contribution in [0.1, 0.15) is 30.2 Å². The molecule has 0 saturated carbocycles. The Morgan fingerprint density at radius 3 is 2.48 bits per heavy atom. The molecule has 0 amide bonds. The molecular weight excluding hydrogens is 258 g/mol. The number of aromatic nitrogens is 1. The van der Waals surface area contributed by atoms with Crippen molar-refractivity contribution in [2.75, 3.05) is 23.8 Å². The lowest BCUT2D eigenvalue weighted by atomic mass is 10.1. The van der Waals surface area contributed by atoms with Crippen LogP contribution in [-0.4, -0.2) is 18.6 Å². The van der Waals surface area contributed by atoms with Crippen molar-refractivity contribution >= 4 is 11.4 Å². The van der Waals surface area contributed by atoms with Gasteiger partial charge in [-0.25, -0.2) is 0 Å². The van der Waals surface area contributed by atoms with Gasteiger partial charge >= 0.3 is 0 Å². The van der Waals surface area contributed by atoms with Gasteiger partial charge in [-0.1, -0.05) is 13.0 Å². The van der Waals surface area contributed by atoms with Crippen LogP contribution >= 0.6 is 0 Å². The maximum absolute atomic E-state index is 4.48. The van der Waals surface area contributed by atoms with Crippen molar-refractivity contribution in [1.29, 1.82) is 0 Å². The Hall–Kier alpha value is -2.03. The fourth-order valence-corrected chi connectivity index (χ4v) is 2.45. The lowest BCUT2D eigenvalue weighted by Crippen LogP contribution is -2.17. The topological polar surface area (TPSA) is 28.2 Å². The van der Waals surface area contributed by atoms with Crippen LogP contribution < -0.4 is 10.2 Å². The van der Waals surface area contributed by atoms with Crippen LogP contribution in [0, 0.1) is 13.8 Å². The molecule has 3 heteroatoms. The quantitative estimate of drug-likeness (QED) is 0.863. The highest BCUT2D eigenvalue weighted by Crippen LogP contribution is 2.19. The van der Waals surface area contributed by atoms with E-state index in [-0.39, 0.29) is 0 Å². The molecule has 0 aliphatic heterocycles. The summed E-state index contributed by atoms with van der Waals surface area (Å²) in [6.45, 7) is 8.25. The number of rotatable bonds is 6. The largest absolute Gasteiger partial charge is 0.385 e. The zero-order valence-electron chi connectivity index (χ0n) is 13.5. The molecule has 0 atom stereocenters. The van der Waals surface area contributed by atoms with Gasteiger partial charge in [0, 0.05) is 31.2 Å². The summed E-state index contributed by atoms with van der Waals surface area (Å²) in [4.78, 5) is 6.72. The lowest BCUT2D eigenvalue weighted by Gasteiger charge is -2.20. The highest BCUT2D eigenvalue weighted by molar-refractivity contribution is 5.51. The Bertz CT molecular complexity index is 573. The molecule has 2 rings (SSSR count). The van der Waals surface area contributed by atoms with E-state index < -0.39 is 0 Å². The average Bonchev–Trinajstić information content (AvgIpc) is 2.44. The van der Waals surface area contributed by atoms with Gasteiger partial charge in [-0.2, -0.15) is 0 Å². The van der Waals surface area contributed by atoms with Gasteiger partial charge in [-0.15, -0.1) is 0 Å². The first-order valence-electron chi connectivity index (χ1n) is 7.56. The summed E-state index contributed by atoms with van der Waals surface area (Å²) >= 11 is 0. The van der Waals surface area contributed by atoms with Gasteiger partial charge in [-0.3, -0.25) is 4.98 Å². The Morgan fingerprint density at radius 1 is 1.10 bits per heavy atom. The van der Waals surface area contributed by atoms with Gasteiger partial charge in [0.25, 0.3) is 0 Å². The number of nitrogens with one attached hydrogen (secondary N) is 1. The molecule has 1 N–H and O–H groups in total. The Labute approximate surface area is 128 Å². The number of benzene rings is 1. The van der Waals surface area contributed by atoms with Crippen LogP contribution in [0.5, 0.6) is 0 Å². The van der Waals surface area contributed by atoms with Crippen molar-refractivity contribution in [3.05, 3.63) is 53.3 Å². The third-order valence-corrected chi connectivity index (χ3v) is 3.44. The number of hydrogen-bond acceptors (Lipinski definition) is 3. The average molecular weight is 283 g/mol. The zero-order valence-corrected chi connectivity index (χ0v) is 13.5. The number of aryl methyl sites for hydroxylation is 2. The van der Waals surface area contributed by atoms with Crippen molar-refractivity contribution in [3.8, 4) is 0 Å². The molecule has 0 aliphatic rings. The van der Waals surface area contributed by atoms with Crippen molar-refractivity contribution in [2.45, 2.75) is 33.7 Å². The highest BCUT2D eigenvalue weighted by atomic mass is 15.1. The standard InChI is InChI=1S/C18H25N3/c1-5-7-19-16-6-8-20-17(12-16)13-21(4)18-10-14(2)9-15(3)11-18/h6,8-12H,5,7,13H2,1-4H3,(H,19,20). The van der Waals surface area contributed by atoms with Crippen LogP contribution in [-0.2, 0) is 6.54 Å². The molecule has 1 aromatic carbocycles. The minimum Gasteiger partial charge on any atom is -0.385 e. The molecule has 112 valence electrons. The molecular formula is C18H25N3. The van der Waals surface area contributed by atoms with E-state index in [0.29, 0.717) is 0 Å². The van der Waals surface area contributed by atoms with E-state index in [1.807, 2.05) is 12.3 Å². The lowest BCUT2D eigenvalue weighted by molar-refractivity contribution is 0.882. The SMILES string of the molecule is CCCNc1ccnc(CN(C)c2cc(C)cc(C)c2)c1. The van der Waals surface area contributed by atoms with E-state index >= 15 is 0 Å². The first-order valence-corrected chi connectivity index (χ1v) is 7.56. The summed E-state index contributed by atoms with van der Waals surface area (Å²) in [5.74, 6) is 0. The first kappa shape index (κ1) is 15.4. The summed E-state index contributed by atoms with van der Waals surface area (Å²) in [7, 11) is 2.11. The minimum absolute atomic E-state index is 0.810. The predicted octanol–water partition coefficient (Wildman–Crippen LogP) is 4.16. The fourth-order valence-electron chi connectivity index (χ4n) is 2.45. The number of anilines is 2. The normalized spacial score (nSPS) is 10.5. The second kappa shape index (κ2) is 7.11. The highest BCUT2D eigenvalue weighted by Gasteiger charge is 2.05. The molecule has 1 aromatic heterocycles. The molecule has 0 saturated heterocycles. The minimum atomic E-state index is 0.810. The van der Waals surface area contributed by atoms with Crippen molar-refractivity contribution in [1.82, 2.24) is 4.98 Å². The third-order valence-electron chi connectivity index (χ3n) is 3.44. The summed E-state index contributed by atoms with van der Waals surface area (Å²) in [6, 6.07) is 10.8. The molecule has 0 unspecified atom stereocenters. The second-order valence-electron chi connectivity index (χ2n) is 5.66. The third kappa shape index (κ3) is 4.48. The van der Waals surface area contributed by atoms with Crippen LogP contribution in [0.3, 0.4) is 0 Å². The monoisotopic (exact) mass is 283 g/mol. The summed E-state index contributed by atoms with van der Waals surface area (Å²) in [5.41, 5.74) is 6.06. The molecule has 2 aromatic rings. The van der Waals surface area contributed by atoms with Crippen molar-refractivity contribution in [2.24, 2.45) is 0 Å². The molecule has 0 bridgehead atoms. The molecule has 0 spiro atoms. The maximum atomic E-state index is 4.48. The number of nitrogens with zero attached hydrogens (tertiary/aromatic N) is 2. The Kier molecular flexibility index (Phi) is 5.20. The van der Waals surface area contributed by atoms with Crippen LogP contribution in [0.2, 0.25) is 0 Å². The van der Waals surface area contributed by atoms with Crippen LogP contribution in [0.15, 0.2) is 36.5 Å². The molecule has 0 aliphatic carbocycles.